The van der Waals surface area contributed by atoms with Crippen molar-refractivity contribution in [2.24, 2.45) is 0 Å². The van der Waals surface area contributed by atoms with E-state index in [0.29, 0.717) is 37.2 Å². The summed E-state index contributed by atoms with van der Waals surface area (Å²) in [5.41, 5.74) is 2.39. The lowest BCUT2D eigenvalue weighted by Crippen LogP contribution is -2.41. The lowest BCUT2D eigenvalue weighted by Gasteiger charge is -2.37. The van der Waals surface area contributed by atoms with Gasteiger partial charge in [-0.15, -0.1) is 0 Å². The molecule has 3 N–H and O–H groups in total. The molecule has 1 aromatic heterocycles. The highest BCUT2D eigenvalue weighted by Crippen LogP contribution is 2.39. The van der Waals surface area contributed by atoms with Crippen LogP contribution in [0, 0.1) is 0 Å². The average Bonchev–Trinajstić information content (AvgIpc) is 3.17. The number of H-pyrrole nitrogens is 1. The summed E-state index contributed by atoms with van der Waals surface area (Å²) in [6.45, 7) is 6.20. The van der Waals surface area contributed by atoms with E-state index in [0.717, 1.165) is 16.9 Å². The lowest BCUT2D eigenvalue weighted by atomic mass is 9.89. The van der Waals surface area contributed by atoms with E-state index in [2.05, 4.69) is 15.5 Å². The van der Waals surface area contributed by atoms with Crippen LogP contribution in [0.5, 0.6) is 5.75 Å². The minimum atomic E-state index is -3.29. The van der Waals surface area contributed by atoms with Gasteiger partial charge in [0.25, 0.3) is 12.4 Å². The van der Waals surface area contributed by atoms with E-state index < -0.39 is 15.6 Å². The van der Waals surface area contributed by atoms with Crippen molar-refractivity contribution < 1.29 is 27.9 Å². The Hall–Kier alpha value is -2.92. The van der Waals surface area contributed by atoms with Gasteiger partial charge < -0.3 is 15.2 Å². The molecule has 0 bridgehead atoms. The molecular weight excluding hydrogens is 448 g/mol. The number of hydrogen-bond acceptors (Lipinski definition) is 6. The molecule has 0 radical (unpaired) electrons. The molecule has 2 aliphatic heterocycles. The fraction of sp³-hybridized carbons (Fsp3) is 0.500. The van der Waals surface area contributed by atoms with Crippen LogP contribution in [0.3, 0.4) is 0 Å². The maximum atomic E-state index is 13.1. The third-order valence-corrected chi connectivity index (χ3v) is 7.67. The van der Waals surface area contributed by atoms with Crippen molar-refractivity contribution in [3.05, 3.63) is 46.8 Å². The highest BCUT2D eigenvalue weighted by atomic mass is 32.2. The SMILES string of the molecule is CCCS(=O)(=O)N1CCc2c(C(=O)NC3CC(C)(C)Oc4ccccc43)n[nH]c2C1.O=CO. The molecule has 0 aliphatic carbocycles. The van der Waals surface area contributed by atoms with E-state index in [9.17, 15) is 13.2 Å². The van der Waals surface area contributed by atoms with Crippen LogP contribution < -0.4 is 10.1 Å². The van der Waals surface area contributed by atoms with Gasteiger partial charge in [0, 0.05) is 24.1 Å². The van der Waals surface area contributed by atoms with Crippen molar-refractivity contribution in [2.45, 2.75) is 58.2 Å². The monoisotopic (exact) mass is 478 g/mol. The van der Waals surface area contributed by atoms with Crippen molar-refractivity contribution in [2.75, 3.05) is 12.3 Å². The number of ether oxygens (including phenoxy) is 1. The van der Waals surface area contributed by atoms with Crippen LogP contribution in [0.4, 0.5) is 0 Å². The fourth-order valence-corrected chi connectivity index (χ4v) is 5.73. The van der Waals surface area contributed by atoms with Gasteiger partial charge in [-0.1, -0.05) is 25.1 Å². The summed E-state index contributed by atoms with van der Waals surface area (Å²) in [6.07, 6.45) is 1.68. The Kier molecular flexibility index (Phi) is 7.43. The molecule has 10 nitrogen and oxygen atoms in total. The van der Waals surface area contributed by atoms with Crippen LogP contribution >= 0.6 is 0 Å². The Bertz CT molecular complexity index is 1110. The third-order valence-electron chi connectivity index (χ3n) is 5.65. The first kappa shape index (κ1) is 24.7. The predicted molar refractivity (Wildman–Crippen MR) is 121 cm³/mol. The number of carboxylic acid groups (broad SMARTS) is 1. The number of aromatic amines is 1. The van der Waals surface area contributed by atoms with Gasteiger partial charge >= 0.3 is 0 Å². The second-order valence-corrected chi connectivity index (χ2v) is 10.8. The van der Waals surface area contributed by atoms with E-state index >= 15 is 0 Å². The number of nitrogens with zero attached hydrogens (tertiary/aromatic N) is 2. The number of rotatable bonds is 5. The van der Waals surface area contributed by atoms with E-state index in [1.54, 1.807) is 0 Å². The molecular formula is C22H30N4O6S. The molecule has 0 fully saturated rings. The van der Waals surface area contributed by atoms with Crippen LogP contribution in [0.25, 0.3) is 0 Å². The van der Waals surface area contributed by atoms with Gasteiger partial charge in [-0.2, -0.15) is 9.40 Å². The normalized spacial score (nSPS) is 19.2. The summed E-state index contributed by atoms with van der Waals surface area (Å²) in [5.74, 6) is 0.651. The molecule has 0 saturated carbocycles. The van der Waals surface area contributed by atoms with Gasteiger partial charge in [-0.05, 0) is 32.8 Å². The van der Waals surface area contributed by atoms with E-state index in [1.807, 2.05) is 45.0 Å². The van der Waals surface area contributed by atoms with Crippen LogP contribution in [0.1, 0.15) is 67.0 Å². The standard InChI is InChI=1S/C21H28N4O4S.CH2O2/c1-4-11-30(27,28)25-10-9-15-17(13-25)23-24-19(15)20(26)22-16-12-21(2,3)29-18-8-6-5-7-14(16)18;2-1-3/h5-8,16H,4,9-13H2,1-3H3,(H,22,26)(H,23,24);1H,(H,2,3). The average molecular weight is 479 g/mol. The molecule has 2 aliphatic rings. The van der Waals surface area contributed by atoms with Gasteiger partial charge in [0.2, 0.25) is 10.0 Å². The molecule has 2 aromatic rings. The number of aromatic nitrogens is 2. The fourth-order valence-electron chi connectivity index (χ4n) is 4.26. The maximum absolute atomic E-state index is 13.1. The molecule has 4 rings (SSSR count). The Labute approximate surface area is 193 Å². The number of fused-ring (bicyclic) bond motifs is 2. The number of carbonyl (C=O) groups is 2. The van der Waals surface area contributed by atoms with Crippen molar-refractivity contribution in [1.82, 2.24) is 19.8 Å². The molecule has 0 spiro atoms. The van der Waals surface area contributed by atoms with Crippen LogP contribution in [0.15, 0.2) is 24.3 Å². The highest BCUT2D eigenvalue weighted by molar-refractivity contribution is 7.89. The predicted octanol–water partition coefficient (Wildman–Crippen LogP) is 2.24. The Morgan fingerprint density at radius 1 is 1.39 bits per heavy atom. The van der Waals surface area contributed by atoms with Crippen molar-refractivity contribution in [1.29, 1.82) is 0 Å². The van der Waals surface area contributed by atoms with E-state index in [1.165, 1.54) is 4.31 Å². The quantitative estimate of drug-likeness (QED) is 0.560. The number of nitrogens with one attached hydrogen (secondary N) is 2. The number of hydrogen-bond donors (Lipinski definition) is 3. The molecule has 180 valence electrons. The summed E-state index contributed by atoms with van der Waals surface area (Å²) in [6, 6.07) is 7.54. The third kappa shape index (κ3) is 5.53. The minimum Gasteiger partial charge on any atom is -0.487 e. The number of para-hydroxylation sites is 1. The summed E-state index contributed by atoms with van der Waals surface area (Å²) in [5, 5.41) is 17.1. The minimum absolute atomic E-state index is 0.128. The van der Waals surface area contributed by atoms with E-state index in [-0.39, 0.29) is 30.7 Å². The molecule has 1 unspecified atom stereocenters. The summed E-state index contributed by atoms with van der Waals surface area (Å²) < 4.78 is 32.3. The first-order valence-electron chi connectivity index (χ1n) is 10.8. The number of benzene rings is 1. The molecule has 1 atom stereocenters. The highest BCUT2D eigenvalue weighted by Gasteiger charge is 2.36. The Morgan fingerprint density at radius 2 is 2.09 bits per heavy atom. The zero-order chi connectivity index (χ0) is 24.2. The molecule has 11 heteroatoms. The van der Waals surface area contributed by atoms with E-state index in [4.69, 9.17) is 14.6 Å². The van der Waals surface area contributed by atoms with Crippen LogP contribution in [-0.4, -0.2) is 58.3 Å². The van der Waals surface area contributed by atoms with Crippen molar-refractivity contribution in [3.8, 4) is 5.75 Å². The largest absolute Gasteiger partial charge is 0.487 e. The van der Waals surface area contributed by atoms with Gasteiger partial charge in [-0.3, -0.25) is 14.7 Å². The Balaban J connectivity index is 0.000000968. The first-order chi connectivity index (χ1) is 15.6. The van der Waals surface area contributed by atoms with Gasteiger partial charge in [-0.25, -0.2) is 8.42 Å². The second-order valence-electron chi connectivity index (χ2n) is 8.66. The van der Waals surface area contributed by atoms with Crippen molar-refractivity contribution in [3.63, 3.8) is 0 Å². The smallest absolute Gasteiger partial charge is 0.290 e. The molecule has 0 saturated heterocycles. The van der Waals surface area contributed by atoms with Crippen molar-refractivity contribution >= 4 is 22.4 Å². The molecule has 1 aromatic carbocycles. The number of amides is 1. The Morgan fingerprint density at radius 3 is 2.79 bits per heavy atom. The first-order valence-corrected chi connectivity index (χ1v) is 12.4. The zero-order valence-corrected chi connectivity index (χ0v) is 19.8. The second kappa shape index (κ2) is 9.92. The summed E-state index contributed by atoms with van der Waals surface area (Å²) in [7, 11) is -3.29. The topological polar surface area (TPSA) is 142 Å². The molecule has 1 amide bonds. The maximum Gasteiger partial charge on any atom is 0.290 e. The molecule has 33 heavy (non-hydrogen) atoms. The van der Waals surface area contributed by atoms with Gasteiger partial charge in [0.05, 0.1) is 24.0 Å². The lowest BCUT2D eigenvalue weighted by molar-refractivity contribution is -0.122. The summed E-state index contributed by atoms with van der Waals surface area (Å²) in [4.78, 5) is 21.4. The van der Waals surface area contributed by atoms with Gasteiger partial charge in [0.15, 0.2) is 5.69 Å². The number of carbonyl (C=O) groups excluding carboxylic acids is 1. The zero-order valence-electron chi connectivity index (χ0n) is 19.0. The summed E-state index contributed by atoms with van der Waals surface area (Å²) >= 11 is 0. The van der Waals surface area contributed by atoms with Gasteiger partial charge in [0.1, 0.15) is 11.4 Å². The molecule has 3 heterocycles. The number of sulfonamides is 1. The van der Waals surface area contributed by atoms with Crippen LogP contribution in [-0.2, 0) is 27.8 Å². The van der Waals surface area contributed by atoms with Crippen LogP contribution in [0.2, 0.25) is 0 Å².